The first-order valence-corrected chi connectivity index (χ1v) is 35.4. The van der Waals surface area contributed by atoms with Gasteiger partial charge in [0.05, 0.1) is 63.8 Å². The Bertz CT molecular complexity index is 4410. The van der Waals surface area contributed by atoms with E-state index in [0.29, 0.717) is 0 Å². The second kappa shape index (κ2) is 27.2. The Hall–Kier alpha value is -2.08. The number of hydrogen-bond acceptors (Lipinski definition) is 36. The van der Waals surface area contributed by atoms with E-state index in [9.17, 15) is 47.8 Å². The third-order valence-electron chi connectivity index (χ3n) is 17.8. The molecular formula is C44H46F2N20Na4O20P4S2. The zero-order valence-electron chi connectivity index (χ0n) is 50.1. The number of aromatic amines is 2. The number of halogens is 2. The minimum absolute atomic E-state index is 0. The molecule has 4 unspecified atom stereocenters. The van der Waals surface area contributed by atoms with Gasteiger partial charge in [-0.25, -0.2) is 48.7 Å². The van der Waals surface area contributed by atoms with Gasteiger partial charge in [0.15, 0.2) is 83.7 Å². The van der Waals surface area contributed by atoms with E-state index in [1.54, 1.807) is 0 Å². The molecule has 96 heavy (non-hydrogen) atoms. The van der Waals surface area contributed by atoms with Crippen molar-refractivity contribution < 1.29 is 211 Å². The van der Waals surface area contributed by atoms with Gasteiger partial charge in [0.1, 0.15) is 72.5 Å². The molecule has 40 nitrogen and oxygen atoms in total. The van der Waals surface area contributed by atoms with Gasteiger partial charge in [0.2, 0.25) is 11.9 Å². The molecule has 16 rings (SSSR count). The summed E-state index contributed by atoms with van der Waals surface area (Å²) in [4.78, 5) is 96.0. The van der Waals surface area contributed by atoms with Gasteiger partial charge in [-0.05, 0) is 24.7 Å². The minimum Gasteiger partial charge on any atom is -0.756 e. The largest absolute Gasteiger partial charge is 1.00 e. The first-order chi connectivity index (χ1) is 43.6. The van der Waals surface area contributed by atoms with Crippen molar-refractivity contribution in [3.63, 3.8) is 0 Å². The summed E-state index contributed by atoms with van der Waals surface area (Å²) >= 11 is 10.3. The van der Waals surface area contributed by atoms with E-state index in [0.717, 1.165) is 12.7 Å². The third kappa shape index (κ3) is 13.0. The Labute approximate surface area is 633 Å². The number of aliphatic hydroxyl groups excluding tert-OH is 2. The maximum absolute atomic E-state index is 16.0. The average Bonchev–Trinajstić information content (AvgIpc) is 1.52. The summed E-state index contributed by atoms with van der Waals surface area (Å²) in [5.74, 6) is -1.47. The van der Waals surface area contributed by atoms with E-state index in [2.05, 4.69) is 59.8 Å². The molecule has 22 atom stereocenters. The van der Waals surface area contributed by atoms with Crippen LogP contribution in [0.3, 0.4) is 0 Å². The van der Waals surface area contributed by atoms with Crippen LogP contribution in [-0.4, -0.2) is 176 Å². The Morgan fingerprint density at radius 1 is 0.542 bits per heavy atom. The topological polar surface area (TPSA) is 566 Å². The maximum Gasteiger partial charge on any atom is 1.00 e. The van der Waals surface area contributed by atoms with E-state index in [1.807, 2.05) is 0 Å². The monoisotopic (exact) mass is 1490 g/mol. The van der Waals surface area contributed by atoms with E-state index in [1.165, 1.54) is 43.6 Å². The number of H-pyrrole nitrogens is 2. The summed E-state index contributed by atoms with van der Waals surface area (Å²) in [6, 6.07) is -1.85. The molecule has 0 amide bonds. The van der Waals surface area contributed by atoms with Gasteiger partial charge < -0.3 is 122 Å². The van der Waals surface area contributed by atoms with Gasteiger partial charge in [-0.1, -0.05) is 0 Å². The number of imidazole rings is 4. The van der Waals surface area contributed by atoms with E-state index < -0.39 is 175 Å². The first kappa shape index (κ1) is 75.1. The first-order valence-electron chi connectivity index (χ1n) is 27.4. The molecule has 12 N–H and O–H groups in total. The van der Waals surface area contributed by atoms with Crippen molar-refractivity contribution in [2.45, 2.75) is 98.6 Å². The minimum atomic E-state index is -5.25. The fraction of sp³-hybridized carbons (Fsp3) is 0.545. The molecular weight excluding hydrogens is 1450 g/mol. The van der Waals surface area contributed by atoms with Crippen LogP contribution in [0.25, 0.3) is 44.7 Å². The maximum atomic E-state index is 16.0. The van der Waals surface area contributed by atoms with Crippen molar-refractivity contribution in [3.8, 4) is 0 Å². The molecule has 8 aromatic heterocycles. The zero-order chi connectivity index (χ0) is 64.7. The number of nitrogens with zero attached hydrogens (tertiary/aromatic N) is 14. The number of alkyl halides is 2. The fourth-order valence-corrected chi connectivity index (χ4v) is 18.5. The van der Waals surface area contributed by atoms with Crippen LogP contribution in [0.4, 0.5) is 32.3 Å². The Morgan fingerprint density at radius 3 is 1.29 bits per heavy atom. The molecule has 8 aliphatic rings. The van der Waals surface area contributed by atoms with E-state index in [-0.39, 0.29) is 199 Å². The molecule has 4 saturated heterocycles. The number of phosphoric acid groups is 2. The molecule has 0 aromatic carbocycles. The number of hydrogen-bond donors (Lipinski definition) is 8. The van der Waals surface area contributed by atoms with Gasteiger partial charge in [-0.2, -0.15) is 9.97 Å². The van der Waals surface area contributed by atoms with Gasteiger partial charge in [0, 0.05) is 10.8 Å². The van der Waals surface area contributed by atoms with Crippen LogP contribution >= 0.6 is 29.2 Å². The van der Waals surface area contributed by atoms with Crippen LogP contribution in [-0.2, 0) is 88.4 Å². The molecule has 2 spiro atoms. The van der Waals surface area contributed by atoms with Crippen molar-refractivity contribution in [1.29, 1.82) is 0 Å². The smallest absolute Gasteiger partial charge is 0.756 e. The Morgan fingerprint density at radius 2 is 0.906 bits per heavy atom. The number of rotatable bonds is 4. The molecule has 4 aliphatic carbocycles. The van der Waals surface area contributed by atoms with Crippen LogP contribution in [0.15, 0.2) is 47.6 Å². The molecule has 8 fully saturated rings. The molecule has 0 bridgehead atoms. The average molecular weight is 1490 g/mol. The third-order valence-corrected chi connectivity index (χ3v) is 22.7. The normalized spacial score (nSPS) is 39.3. The number of fused-ring (bicyclic) bond motifs is 6. The molecule has 12 heterocycles. The number of nitrogens with one attached hydrogen (secondary N) is 2. The van der Waals surface area contributed by atoms with Crippen LogP contribution in [0.5, 0.6) is 0 Å². The predicted octanol–water partition coefficient (Wildman–Crippen LogP) is -13.5. The van der Waals surface area contributed by atoms with Crippen LogP contribution in [0, 0.1) is 22.7 Å². The Kier molecular flexibility index (Phi) is 21.3. The van der Waals surface area contributed by atoms with Crippen molar-refractivity contribution >= 4 is 122 Å². The van der Waals surface area contributed by atoms with Gasteiger partial charge in [-0.3, -0.25) is 47.0 Å². The number of nitrogens with two attached hydrogens (primary N) is 4. The van der Waals surface area contributed by atoms with Gasteiger partial charge in [0.25, 0.3) is 26.8 Å². The van der Waals surface area contributed by atoms with Crippen molar-refractivity contribution in [1.82, 2.24) is 78.1 Å². The van der Waals surface area contributed by atoms with Gasteiger partial charge in [-0.15, -0.1) is 0 Å². The van der Waals surface area contributed by atoms with E-state index in [4.69, 9.17) is 93.1 Å². The number of aliphatic hydroxyl groups is 2. The number of anilines is 4. The molecule has 4 aliphatic heterocycles. The van der Waals surface area contributed by atoms with Crippen molar-refractivity contribution in [2.24, 2.45) is 22.7 Å². The standard InChI is InChI=1S/2C22H25FN10O10P2S.4Na/c2*23-9-14-8(41-20(9)33-6-28-10-16(24)26-4-27-17(10)33)2-39-44(36,37)43-15-13(34)12(7-1-22(7,15)3-40-45(38,46)42-14)32-5-29-11-18(32)30-21(25)31-19(11)35;;;;/h2*4-9,12-15,20,34H,1-3H2,(H,36,37)(H,38,46)(H2,24,26,27)(H3,25,30,31,35);;;;/q;;4*+1/p-4/t2*7-,8-,9-,12-,13+,14-,15+,20-,22-,45?;;;;/m11..../s1. The summed E-state index contributed by atoms with van der Waals surface area (Å²) in [5, 5.41) is 22.9. The summed E-state index contributed by atoms with van der Waals surface area (Å²) in [6.45, 7) is -11.7. The van der Waals surface area contributed by atoms with Crippen LogP contribution in [0.2, 0.25) is 0 Å². The van der Waals surface area contributed by atoms with Crippen molar-refractivity contribution in [2.75, 3.05) is 49.4 Å². The zero-order valence-corrected chi connectivity index (χ0v) is 63.3. The summed E-state index contributed by atoms with van der Waals surface area (Å²) in [7, 11) is -10.5. The van der Waals surface area contributed by atoms with Crippen LogP contribution in [0.1, 0.15) is 37.4 Å². The second-order valence-corrected chi connectivity index (χ2v) is 31.0. The molecule has 492 valence electrons. The molecule has 8 aromatic rings. The summed E-state index contributed by atoms with van der Waals surface area (Å²) < 4.78 is 145. The number of aromatic nitrogens is 16. The second-order valence-electron chi connectivity index (χ2n) is 22.9. The molecule has 4 saturated carbocycles. The summed E-state index contributed by atoms with van der Waals surface area (Å²) in [5.41, 5.74) is 19.8. The predicted molar refractivity (Wildman–Crippen MR) is 302 cm³/mol. The SMILES string of the molecule is Nc1nc2c(ncn2[C@H]2[C@H](O)[C@@H]3OP(=O)([O-])OC[C@H]4O[C@@H](n5cnc6c(N)ncnc65)[C@H](F)[C@@H]4OP(=O)([S-])OC[C@@]34C[C@H]24)c(=O)[nH]1.Nc1nc2c(ncn2[C@H]2[C@H](O)[C@@H]3OP(=O)([O-])OC[C@H]4O[C@@H](n5cnc6c(N)ncnc65)[C@H](F)[C@@H]4OP(=O)([S-])OC[C@@]34C[C@H]24)c(=O)[nH]1.[Na+].[Na+].[Na+].[Na+]. The van der Waals surface area contributed by atoms with Crippen molar-refractivity contribution in [3.05, 3.63) is 58.7 Å². The number of nitrogen functional groups attached to an aromatic ring is 4. The van der Waals surface area contributed by atoms with E-state index >= 15 is 8.78 Å². The summed E-state index contributed by atoms with van der Waals surface area (Å²) in [6.07, 6.45) is -12.1. The number of phosphoric ester groups is 2. The Balaban J connectivity index is 0.000000187. The molecule has 0 radical (unpaired) electrons. The fourth-order valence-electron chi connectivity index (χ4n) is 13.6. The van der Waals surface area contributed by atoms with Gasteiger partial charge >= 0.3 is 118 Å². The number of ether oxygens (including phenoxy) is 2. The van der Waals surface area contributed by atoms with Crippen LogP contribution < -0.4 is 162 Å². The molecule has 52 heteroatoms. The quantitative estimate of drug-likeness (QED) is 0.0461.